The molecule has 0 spiro atoms. The largest absolute Gasteiger partial charge is 0.480 e. The molecule has 8 heteroatoms. The van der Waals surface area contributed by atoms with E-state index >= 15 is 0 Å². The zero-order valence-electron chi connectivity index (χ0n) is 10.3. The van der Waals surface area contributed by atoms with Gasteiger partial charge in [-0.2, -0.15) is 11.8 Å². The van der Waals surface area contributed by atoms with Crippen molar-refractivity contribution in [2.45, 2.75) is 19.0 Å². The molecule has 0 aromatic carbocycles. The van der Waals surface area contributed by atoms with Gasteiger partial charge in [0.2, 0.25) is 5.91 Å². The van der Waals surface area contributed by atoms with Gasteiger partial charge in [0.1, 0.15) is 6.04 Å². The van der Waals surface area contributed by atoms with Gasteiger partial charge < -0.3 is 10.4 Å². The van der Waals surface area contributed by atoms with E-state index in [-0.39, 0.29) is 0 Å². The number of urea groups is 1. The number of aliphatic carboxylic acids is 1. The van der Waals surface area contributed by atoms with Crippen LogP contribution in [0.4, 0.5) is 4.79 Å². The van der Waals surface area contributed by atoms with Crippen LogP contribution in [0.25, 0.3) is 0 Å². The summed E-state index contributed by atoms with van der Waals surface area (Å²) in [4.78, 5) is 35.5. The van der Waals surface area contributed by atoms with Crippen molar-refractivity contribution >= 4 is 29.7 Å². The molecule has 2 atom stereocenters. The van der Waals surface area contributed by atoms with Crippen LogP contribution in [0, 0.1) is 0 Å². The third-order valence-electron chi connectivity index (χ3n) is 2.80. The molecule has 2 unspecified atom stereocenters. The Kier molecular flexibility index (Phi) is 5.42. The lowest BCUT2D eigenvalue weighted by atomic mass is 10.2. The van der Waals surface area contributed by atoms with E-state index in [4.69, 9.17) is 5.11 Å². The van der Waals surface area contributed by atoms with Crippen molar-refractivity contribution in [2.75, 3.05) is 25.1 Å². The summed E-state index contributed by atoms with van der Waals surface area (Å²) in [7, 11) is 1.41. The summed E-state index contributed by atoms with van der Waals surface area (Å²) in [5.74, 6) is -0.205. The molecular formula is C10H17N3O4S. The first-order valence-electron chi connectivity index (χ1n) is 5.56. The zero-order chi connectivity index (χ0) is 13.7. The Balaban J connectivity index is 2.67. The lowest BCUT2D eigenvalue weighted by molar-refractivity contribution is -0.144. The van der Waals surface area contributed by atoms with E-state index in [0.29, 0.717) is 12.3 Å². The second kappa shape index (κ2) is 6.60. The van der Waals surface area contributed by atoms with Crippen LogP contribution < -0.4 is 10.6 Å². The number of nitrogens with zero attached hydrogens (tertiary/aromatic N) is 1. The highest BCUT2D eigenvalue weighted by Gasteiger charge is 2.35. The molecule has 7 nitrogen and oxygen atoms in total. The SMILES string of the molecule is CNC(=O)NC(=O)C(C)N1CCSCC1C(=O)O. The quantitative estimate of drug-likeness (QED) is 0.632. The molecule has 0 saturated carbocycles. The summed E-state index contributed by atoms with van der Waals surface area (Å²) in [5, 5.41) is 13.5. The highest BCUT2D eigenvalue weighted by molar-refractivity contribution is 7.99. The fourth-order valence-electron chi connectivity index (χ4n) is 1.72. The van der Waals surface area contributed by atoms with Gasteiger partial charge in [0.25, 0.3) is 0 Å². The van der Waals surface area contributed by atoms with Crippen LogP contribution in [0.1, 0.15) is 6.92 Å². The molecule has 18 heavy (non-hydrogen) atoms. The van der Waals surface area contributed by atoms with E-state index in [1.165, 1.54) is 7.05 Å². The maximum absolute atomic E-state index is 11.8. The zero-order valence-corrected chi connectivity index (χ0v) is 11.1. The molecule has 102 valence electrons. The second-order valence-corrected chi connectivity index (χ2v) is 5.06. The van der Waals surface area contributed by atoms with Crippen molar-refractivity contribution in [1.29, 1.82) is 0 Å². The second-order valence-electron chi connectivity index (χ2n) is 3.91. The molecule has 0 aromatic rings. The topological polar surface area (TPSA) is 98.7 Å². The molecule has 1 aliphatic rings. The first kappa shape index (κ1) is 14.8. The van der Waals surface area contributed by atoms with Crippen molar-refractivity contribution in [1.82, 2.24) is 15.5 Å². The number of imide groups is 1. The fraction of sp³-hybridized carbons (Fsp3) is 0.700. The number of nitrogens with one attached hydrogen (secondary N) is 2. The number of thioether (sulfide) groups is 1. The van der Waals surface area contributed by atoms with Gasteiger partial charge in [-0.05, 0) is 6.92 Å². The molecule has 0 aliphatic carbocycles. The van der Waals surface area contributed by atoms with E-state index in [1.807, 2.05) is 0 Å². The molecule has 1 saturated heterocycles. The number of amides is 3. The lowest BCUT2D eigenvalue weighted by Crippen LogP contribution is -2.57. The van der Waals surface area contributed by atoms with Crippen LogP contribution in [-0.4, -0.2) is 65.1 Å². The minimum absolute atomic E-state index is 0.451. The molecule has 0 radical (unpaired) electrons. The highest BCUT2D eigenvalue weighted by atomic mass is 32.2. The average Bonchev–Trinajstić information content (AvgIpc) is 2.37. The maximum atomic E-state index is 11.8. The first-order valence-corrected chi connectivity index (χ1v) is 6.71. The van der Waals surface area contributed by atoms with E-state index in [9.17, 15) is 14.4 Å². The Hall–Kier alpha value is -1.28. The number of carbonyl (C=O) groups excluding carboxylic acids is 2. The molecular weight excluding hydrogens is 258 g/mol. The van der Waals surface area contributed by atoms with E-state index in [2.05, 4.69) is 10.6 Å². The normalized spacial score (nSPS) is 22.0. The predicted octanol–water partition coefficient (Wildman–Crippen LogP) is -0.667. The first-order chi connectivity index (χ1) is 8.47. The summed E-state index contributed by atoms with van der Waals surface area (Å²) in [5.41, 5.74) is 0. The molecule has 0 aromatic heterocycles. The van der Waals surface area contributed by atoms with Crippen LogP contribution in [0.2, 0.25) is 0 Å². The van der Waals surface area contributed by atoms with Gasteiger partial charge in [0.15, 0.2) is 0 Å². The minimum atomic E-state index is -0.943. The number of rotatable bonds is 3. The van der Waals surface area contributed by atoms with Gasteiger partial charge in [-0.25, -0.2) is 4.79 Å². The standard InChI is InChI=1S/C10H17N3O4S/c1-6(8(14)12-10(17)11-2)13-3-4-18-5-7(13)9(15)16/h6-7H,3-5H2,1-2H3,(H,15,16)(H2,11,12,14,17). The fourth-order valence-corrected chi connectivity index (χ4v) is 2.79. The van der Waals surface area contributed by atoms with Gasteiger partial charge in [-0.1, -0.05) is 0 Å². The van der Waals surface area contributed by atoms with E-state index < -0.39 is 30.0 Å². The molecule has 1 fully saturated rings. The van der Waals surface area contributed by atoms with Crippen LogP contribution in [0.3, 0.4) is 0 Å². The molecule has 1 aliphatic heterocycles. The summed E-state index contributed by atoms with van der Waals surface area (Å²) in [6.45, 7) is 2.12. The van der Waals surface area contributed by atoms with Crippen molar-refractivity contribution in [3.05, 3.63) is 0 Å². The van der Waals surface area contributed by atoms with Gasteiger partial charge in [-0.15, -0.1) is 0 Å². The number of carboxylic acid groups (broad SMARTS) is 1. The average molecular weight is 275 g/mol. The summed E-state index contributed by atoms with van der Waals surface area (Å²) >= 11 is 1.55. The van der Waals surface area contributed by atoms with Crippen molar-refractivity contribution < 1.29 is 19.5 Å². The molecule has 0 bridgehead atoms. The highest BCUT2D eigenvalue weighted by Crippen LogP contribution is 2.19. The summed E-state index contributed by atoms with van der Waals surface area (Å²) in [6.07, 6.45) is 0. The molecule has 3 amide bonds. The molecule has 3 N–H and O–H groups in total. The summed E-state index contributed by atoms with van der Waals surface area (Å²) in [6, 6.07) is -1.93. The van der Waals surface area contributed by atoms with Crippen LogP contribution in [0.15, 0.2) is 0 Å². The Labute approximate surface area is 109 Å². The van der Waals surface area contributed by atoms with Crippen molar-refractivity contribution in [3.8, 4) is 0 Å². The Bertz CT molecular complexity index is 350. The maximum Gasteiger partial charge on any atom is 0.321 e. The van der Waals surface area contributed by atoms with Crippen LogP contribution in [0.5, 0.6) is 0 Å². The summed E-state index contributed by atoms with van der Waals surface area (Å²) < 4.78 is 0. The number of hydrogen-bond donors (Lipinski definition) is 3. The van der Waals surface area contributed by atoms with E-state index in [1.54, 1.807) is 23.6 Å². The van der Waals surface area contributed by atoms with Crippen LogP contribution in [-0.2, 0) is 9.59 Å². The Morgan fingerprint density at radius 3 is 2.67 bits per heavy atom. The third kappa shape index (κ3) is 3.61. The van der Waals surface area contributed by atoms with Gasteiger partial charge >= 0.3 is 12.0 Å². The predicted molar refractivity (Wildman–Crippen MR) is 67.5 cm³/mol. The van der Waals surface area contributed by atoms with Crippen LogP contribution >= 0.6 is 11.8 Å². The number of carbonyl (C=O) groups is 3. The Morgan fingerprint density at radius 1 is 1.44 bits per heavy atom. The van der Waals surface area contributed by atoms with Crippen molar-refractivity contribution in [2.24, 2.45) is 0 Å². The number of carboxylic acids is 1. The van der Waals surface area contributed by atoms with Gasteiger partial charge in [0.05, 0.1) is 6.04 Å². The Morgan fingerprint density at radius 2 is 2.11 bits per heavy atom. The monoisotopic (exact) mass is 275 g/mol. The molecule has 1 heterocycles. The van der Waals surface area contributed by atoms with E-state index in [0.717, 1.165) is 5.75 Å². The lowest BCUT2D eigenvalue weighted by Gasteiger charge is -2.36. The minimum Gasteiger partial charge on any atom is -0.480 e. The van der Waals surface area contributed by atoms with Gasteiger partial charge in [-0.3, -0.25) is 19.8 Å². The van der Waals surface area contributed by atoms with Gasteiger partial charge in [0, 0.05) is 25.1 Å². The molecule has 1 rings (SSSR count). The smallest absolute Gasteiger partial charge is 0.321 e. The van der Waals surface area contributed by atoms with Crippen molar-refractivity contribution in [3.63, 3.8) is 0 Å². The third-order valence-corrected chi connectivity index (χ3v) is 3.82. The number of hydrogen-bond acceptors (Lipinski definition) is 5.